The largest absolute Gasteiger partial charge is 0.497 e. The Kier molecular flexibility index (Phi) is 4.95. The van der Waals surface area contributed by atoms with Crippen LogP contribution in [-0.2, 0) is 0 Å². The van der Waals surface area contributed by atoms with E-state index in [1.807, 2.05) is 0 Å². The molecule has 0 aliphatic rings. The minimum atomic E-state index is -1.66. The number of urea groups is 1. The summed E-state index contributed by atoms with van der Waals surface area (Å²) in [5.41, 5.74) is -0.206. The molecule has 0 aliphatic carbocycles. The van der Waals surface area contributed by atoms with Gasteiger partial charge in [-0.3, -0.25) is 0 Å². The van der Waals surface area contributed by atoms with Gasteiger partial charge in [-0.05, 0) is 24.3 Å². The molecule has 2 amide bonds. The van der Waals surface area contributed by atoms with Crippen LogP contribution in [0.25, 0.3) is 0 Å². The number of hydrogen-bond donors (Lipinski definition) is 2. The van der Waals surface area contributed by atoms with Gasteiger partial charge < -0.3 is 20.1 Å². The van der Waals surface area contributed by atoms with Gasteiger partial charge in [-0.25, -0.2) is 18.0 Å². The number of nitrogens with one attached hydrogen (secondary N) is 2. The third-order valence-corrected chi connectivity index (χ3v) is 2.94. The first kappa shape index (κ1) is 16.5. The second-order valence-electron chi connectivity index (χ2n) is 4.37. The summed E-state index contributed by atoms with van der Waals surface area (Å²) < 4.78 is 49.6. The quantitative estimate of drug-likeness (QED) is 0.841. The van der Waals surface area contributed by atoms with Crippen molar-refractivity contribution in [2.24, 2.45) is 0 Å². The Morgan fingerprint density at radius 2 is 1.57 bits per heavy atom. The van der Waals surface area contributed by atoms with Gasteiger partial charge in [0.15, 0.2) is 17.5 Å². The third-order valence-electron chi connectivity index (χ3n) is 2.94. The van der Waals surface area contributed by atoms with Crippen LogP contribution in [0.15, 0.2) is 30.3 Å². The molecule has 122 valence electrons. The lowest BCUT2D eigenvalue weighted by molar-refractivity contribution is 0.262. The Morgan fingerprint density at radius 3 is 2.22 bits per heavy atom. The highest BCUT2D eigenvalue weighted by molar-refractivity contribution is 6.00. The van der Waals surface area contributed by atoms with Gasteiger partial charge in [0.25, 0.3) is 0 Å². The van der Waals surface area contributed by atoms with E-state index in [2.05, 4.69) is 10.6 Å². The predicted octanol–water partition coefficient (Wildman–Crippen LogP) is 3.77. The minimum absolute atomic E-state index is 0.286. The summed E-state index contributed by atoms with van der Waals surface area (Å²) in [7, 11) is 2.87. The molecule has 2 N–H and O–H groups in total. The maximum absolute atomic E-state index is 13.5. The first-order valence-electron chi connectivity index (χ1n) is 6.39. The van der Waals surface area contributed by atoms with Crippen LogP contribution in [0, 0.1) is 17.5 Å². The molecule has 2 aromatic carbocycles. The summed E-state index contributed by atoms with van der Waals surface area (Å²) in [5.74, 6) is -3.67. The molecule has 0 saturated heterocycles. The van der Waals surface area contributed by atoms with Gasteiger partial charge in [0.05, 0.1) is 25.6 Å². The molecule has 0 aliphatic heterocycles. The molecule has 0 bridgehead atoms. The zero-order valence-electron chi connectivity index (χ0n) is 12.2. The van der Waals surface area contributed by atoms with Crippen LogP contribution in [0.5, 0.6) is 11.5 Å². The normalized spacial score (nSPS) is 10.1. The Morgan fingerprint density at radius 1 is 0.913 bits per heavy atom. The fraction of sp³-hybridized carbons (Fsp3) is 0.133. The molecular weight excluding hydrogens is 313 g/mol. The summed E-state index contributed by atoms with van der Waals surface area (Å²) in [4.78, 5) is 11.9. The number of halogens is 3. The number of rotatable bonds is 4. The van der Waals surface area contributed by atoms with Gasteiger partial charge in [0.2, 0.25) is 0 Å². The smallest absolute Gasteiger partial charge is 0.323 e. The van der Waals surface area contributed by atoms with Crippen molar-refractivity contribution in [3.8, 4) is 11.5 Å². The first-order chi connectivity index (χ1) is 11.0. The van der Waals surface area contributed by atoms with E-state index < -0.39 is 29.2 Å². The Balaban J connectivity index is 2.16. The summed E-state index contributed by atoms with van der Waals surface area (Å²) >= 11 is 0. The Hall–Kier alpha value is -2.90. The number of methoxy groups -OCH3 is 2. The molecule has 8 heteroatoms. The van der Waals surface area contributed by atoms with Crippen LogP contribution in [0.3, 0.4) is 0 Å². The van der Waals surface area contributed by atoms with E-state index in [9.17, 15) is 18.0 Å². The van der Waals surface area contributed by atoms with Gasteiger partial charge in [-0.2, -0.15) is 0 Å². The highest BCUT2D eigenvalue weighted by atomic mass is 19.2. The molecule has 0 radical (unpaired) electrons. The lowest BCUT2D eigenvalue weighted by Gasteiger charge is -2.13. The zero-order chi connectivity index (χ0) is 17.0. The van der Waals surface area contributed by atoms with E-state index in [1.165, 1.54) is 26.4 Å². The number of anilines is 2. The Bertz CT molecular complexity index is 738. The van der Waals surface area contributed by atoms with E-state index in [0.29, 0.717) is 17.6 Å². The van der Waals surface area contributed by atoms with Crippen LogP contribution in [0.4, 0.5) is 29.3 Å². The molecule has 0 aromatic heterocycles. The van der Waals surface area contributed by atoms with Crippen molar-refractivity contribution < 1.29 is 27.4 Å². The SMILES string of the molecule is COc1ccc(NC(=O)Nc2ccc(F)c(F)c2F)c(OC)c1. The van der Waals surface area contributed by atoms with E-state index in [-0.39, 0.29) is 5.69 Å². The first-order valence-corrected chi connectivity index (χ1v) is 6.39. The molecule has 0 heterocycles. The number of hydrogen-bond acceptors (Lipinski definition) is 3. The lowest BCUT2D eigenvalue weighted by Crippen LogP contribution is -2.21. The lowest BCUT2D eigenvalue weighted by atomic mass is 10.2. The van der Waals surface area contributed by atoms with Gasteiger partial charge >= 0.3 is 6.03 Å². The second kappa shape index (κ2) is 6.91. The molecule has 0 saturated carbocycles. The van der Waals surface area contributed by atoms with Crippen LogP contribution < -0.4 is 20.1 Å². The van der Waals surface area contributed by atoms with Crippen molar-refractivity contribution in [2.75, 3.05) is 24.9 Å². The van der Waals surface area contributed by atoms with E-state index >= 15 is 0 Å². The third kappa shape index (κ3) is 3.65. The maximum Gasteiger partial charge on any atom is 0.323 e. The van der Waals surface area contributed by atoms with Gasteiger partial charge in [0.1, 0.15) is 11.5 Å². The van der Waals surface area contributed by atoms with E-state index in [0.717, 1.165) is 6.07 Å². The van der Waals surface area contributed by atoms with Crippen molar-refractivity contribution in [1.29, 1.82) is 0 Å². The average molecular weight is 326 g/mol. The van der Waals surface area contributed by atoms with Crippen molar-refractivity contribution in [3.63, 3.8) is 0 Å². The van der Waals surface area contributed by atoms with Gasteiger partial charge in [0, 0.05) is 6.07 Å². The molecular formula is C15H13F3N2O3. The van der Waals surface area contributed by atoms with E-state index in [1.54, 1.807) is 6.07 Å². The van der Waals surface area contributed by atoms with Crippen molar-refractivity contribution in [1.82, 2.24) is 0 Å². The minimum Gasteiger partial charge on any atom is -0.497 e. The molecule has 0 atom stereocenters. The highest BCUT2D eigenvalue weighted by Gasteiger charge is 2.16. The second-order valence-corrected chi connectivity index (χ2v) is 4.37. The summed E-state index contributed by atoms with van der Waals surface area (Å²) in [5, 5.41) is 4.50. The van der Waals surface area contributed by atoms with Gasteiger partial charge in [-0.1, -0.05) is 0 Å². The van der Waals surface area contributed by atoms with Crippen LogP contribution >= 0.6 is 0 Å². The summed E-state index contributed by atoms with van der Waals surface area (Å²) in [6, 6.07) is 5.40. The zero-order valence-corrected chi connectivity index (χ0v) is 12.2. The standard InChI is InChI=1S/C15H13F3N2O3/c1-22-8-3-5-10(12(7-8)23-2)19-15(21)20-11-6-4-9(16)13(17)14(11)18/h3-7H,1-2H3,(H2,19,20,21). The molecule has 0 fully saturated rings. The fourth-order valence-electron chi connectivity index (χ4n) is 1.80. The predicted molar refractivity (Wildman–Crippen MR) is 78.5 cm³/mol. The number of carbonyl (C=O) groups is 1. The Labute approximate surface area is 130 Å². The number of benzene rings is 2. The number of ether oxygens (including phenoxy) is 2. The van der Waals surface area contributed by atoms with Crippen molar-refractivity contribution in [2.45, 2.75) is 0 Å². The van der Waals surface area contributed by atoms with Crippen molar-refractivity contribution in [3.05, 3.63) is 47.8 Å². The fourth-order valence-corrected chi connectivity index (χ4v) is 1.80. The number of carbonyl (C=O) groups excluding carboxylic acids is 1. The summed E-state index contributed by atoms with van der Waals surface area (Å²) in [6.45, 7) is 0. The molecule has 0 unspecified atom stereocenters. The average Bonchev–Trinajstić information content (AvgIpc) is 2.55. The molecule has 5 nitrogen and oxygen atoms in total. The van der Waals surface area contributed by atoms with Gasteiger partial charge in [-0.15, -0.1) is 0 Å². The monoisotopic (exact) mass is 326 g/mol. The topological polar surface area (TPSA) is 59.6 Å². The molecule has 2 aromatic rings. The van der Waals surface area contributed by atoms with Crippen LogP contribution in [0.1, 0.15) is 0 Å². The van der Waals surface area contributed by atoms with Crippen molar-refractivity contribution >= 4 is 17.4 Å². The van der Waals surface area contributed by atoms with E-state index in [4.69, 9.17) is 9.47 Å². The molecule has 23 heavy (non-hydrogen) atoms. The molecule has 0 spiro atoms. The van der Waals surface area contributed by atoms with Crippen LogP contribution in [-0.4, -0.2) is 20.3 Å². The maximum atomic E-state index is 13.5. The van der Waals surface area contributed by atoms with Crippen LogP contribution in [0.2, 0.25) is 0 Å². The summed E-state index contributed by atoms with van der Waals surface area (Å²) in [6.07, 6.45) is 0. The molecule has 2 rings (SSSR count). The highest BCUT2D eigenvalue weighted by Crippen LogP contribution is 2.29. The number of amides is 2.